The van der Waals surface area contributed by atoms with Gasteiger partial charge in [-0.05, 0) is 30.7 Å². The molecule has 1 aromatic carbocycles. The minimum Gasteiger partial charge on any atom is -0.481 e. The predicted molar refractivity (Wildman–Crippen MR) is 59.1 cm³/mol. The fourth-order valence-corrected chi connectivity index (χ4v) is 2.43. The monoisotopic (exact) mass is 235 g/mol. The number of carbonyl (C=O) groups is 1. The predicted octanol–water partition coefficient (Wildman–Crippen LogP) is 1.15. The molecular formula is C12H13NO4. The maximum Gasteiger partial charge on any atom is 0.308 e. The second-order valence-corrected chi connectivity index (χ2v) is 4.28. The van der Waals surface area contributed by atoms with Crippen LogP contribution in [-0.4, -0.2) is 24.4 Å². The molecule has 0 amide bonds. The van der Waals surface area contributed by atoms with Gasteiger partial charge in [0.25, 0.3) is 0 Å². The average molecular weight is 235 g/mol. The molecular weight excluding hydrogens is 222 g/mol. The number of ether oxygens (including phenoxy) is 2. The molecule has 1 saturated heterocycles. The number of carboxylic acid groups (broad SMARTS) is 1. The highest BCUT2D eigenvalue weighted by Crippen LogP contribution is 2.37. The quantitative estimate of drug-likeness (QED) is 0.804. The fourth-order valence-electron chi connectivity index (χ4n) is 2.43. The maximum absolute atomic E-state index is 11.1. The van der Waals surface area contributed by atoms with E-state index in [1.807, 2.05) is 18.2 Å². The third-order valence-corrected chi connectivity index (χ3v) is 3.29. The van der Waals surface area contributed by atoms with Crippen molar-refractivity contribution in [3.05, 3.63) is 23.8 Å². The number of aliphatic carboxylic acids is 1. The van der Waals surface area contributed by atoms with Crippen molar-refractivity contribution >= 4 is 5.97 Å². The Balaban J connectivity index is 1.91. The normalized spacial score (nSPS) is 26.1. The first-order valence-corrected chi connectivity index (χ1v) is 5.61. The molecule has 0 bridgehead atoms. The minimum atomic E-state index is -0.752. The molecule has 5 nitrogen and oxygen atoms in total. The number of hydrogen-bond donors (Lipinski definition) is 2. The molecule has 0 aliphatic carbocycles. The number of rotatable bonds is 2. The van der Waals surface area contributed by atoms with Crippen molar-refractivity contribution in [2.75, 3.05) is 13.3 Å². The van der Waals surface area contributed by atoms with E-state index in [4.69, 9.17) is 14.6 Å². The summed E-state index contributed by atoms with van der Waals surface area (Å²) in [6.45, 7) is 0.968. The van der Waals surface area contributed by atoms with Crippen LogP contribution in [0.4, 0.5) is 0 Å². The summed E-state index contributed by atoms with van der Waals surface area (Å²) in [5.41, 5.74) is 0.944. The standard InChI is InChI=1S/C12H13NO4/c14-12(15)8-3-4-13-11(8)7-1-2-9-10(5-7)17-6-16-9/h1-2,5,8,11,13H,3-4,6H2,(H,14,15). The van der Waals surface area contributed by atoms with Crippen LogP contribution < -0.4 is 14.8 Å². The molecule has 0 spiro atoms. The Kier molecular flexibility index (Phi) is 2.40. The van der Waals surface area contributed by atoms with Gasteiger partial charge in [0.2, 0.25) is 6.79 Å². The van der Waals surface area contributed by atoms with E-state index in [-0.39, 0.29) is 18.8 Å². The number of hydrogen-bond acceptors (Lipinski definition) is 4. The topological polar surface area (TPSA) is 67.8 Å². The second kappa shape index (κ2) is 3.92. The van der Waals surface area contributed by atoms with Gasteiger partial charge in [-0.25, -0.2) is 0 Å². The van der Waals surface area contributed by atoms with E-state index in [1.165, 1.54) is 0 Å². The molecule has 2 aliphatic rings. The van der Waals surface area contributed by atoms with Gasteiger partial charge in [-0.15, -0.1) is 0 Å². The third-order valence-electron chi connectivity index (χ3n) is 3.29. The molecule has 1 fully saturated rings. The van der Waals surface area contributed by atoms with E-state index in [0.29, 0.717) is 12.2 Å². The number of carboxylic acids is 1. The smallest absolute Gasteiger partial charge is 0.308 e. The van der Waals surface area contributed by atoms with Crippen LogP contribution in [-0.2, 0) is 4.79 Å². The van der Waals surface area contributed by atoms with Crippen LogP contribution in [0, 0.1) is 5.92 Å². The second-order valence-electron chi connectivity index (χ2n) is 4.28. The lowest BCUT2D eigenvalue weighted by atomic mass is 9.94. The molecule has 90 valence electrons. The van der Waals surface area contributed by atoms with Gasteiger partial charge in [0.05, 0.1) is 5.92 Å². The van der Waals surface area contributed by atoms with Crippen molar-refractivity contribution in [2.24, 2.45) is 5.92 Å². The van der Waals surface area contributed by atoms with Crippen molar-refractivity contribution < 1.29 is 19.4 Å². The zero-order valence-corrected chi connectivity index (χ0v) is 9.18. The number of benzene rings is 1. The minimum absolute atomic E-state index is 0.137. The van der Waals surface area contributed by atoms with E-state index >= 15 is 0 Å². The summed E-state index contributed by atoms with van der Waals surface area (Å²) >= 11 is 0. The van der Waals surface area contributed by atoms with Crippen molar-refractivity contribution in [3.63, 3.8) is 0 Å². The van der Waals surface area contributed by atoms with Crippen LogP contribution in [0.3, 0.4) is 0 Å². The van der Waals surface area contributed by atoms with Gasteiger partial charge >= 0.3 is 5.97 Å². The average Bonchev–Trinajstić information content (AvgIpc) is 2.96. The molecule has 0 saturated carbocycles. The highest BCUT2D eigenvalue weighted by molar-refractivity contribution is 5.72. The van der Waals surface area contributed by atoms with Crippen molar-refractivity contribution in [3.8, 4) is 11.5 Å². The Morgan fingerprint density at radius 1 is 1.35 bits per heavy atom. The van der Waals surface area contributed by atoms with E-state index in [2.05, 4.69) is 5.32 Å². The Labute approximate surface area is 98.3 Å². The molecule has 1 aromatic rings. The fraction of sp³-hybridized carbons (Fsp3) is 0.417. The summed E-state index contributed by atoms with van der Waals surface area (Å²) in [7, 11) is 0. The van der Waals surface area contributed by atoms with Gasteiger partial charge < -0.3 is 19.9 Å². The zero-order chi connectivity index (χ0) is 11.8. The molecule has 17 heavy (non-hydrogen) atoms. The summed E-state index contributed by atoms with van der Waals surface area (Å²) in [5, 5.41) is 12.4. The lowest BCUT2D eigenvalue weighted by Gasteiger charge is -2.16. The molecule has 2 heterocycles. The van der Waals surface area contributed by atoms with Crippen molar-refractivity contribution in [1.82, 2.24) is 5.32 Å². The molecule has 3 rings (SSSR count). The lowest BCUT2D eigenvalue weighted by molar-refractivity contribution is -0.142. The molecule has 0 aromatic heterocycles. The molecule has 2 N–H and O–H groups in total. The maximum atomic E-state index is 11.1. The van der Waals surface area contributed by atoms with Crippen LogP contribution >= 0.6 is 0 Å². The van der Waals surface area contributed by atoms with Crippen LogP contribution in [0.15, 0.2) is 18.2 Å². The summed E-state index contributed by atoms with van der Waals surface area (Å²) in [6.07, 6.45) is 0.661. The summed E-state index contributed by atoms with van der Waals surface area (Å²) in [4.78, 5) is 11.1. The van der Waals surface area contributed by atoms with E-state index in [1.54, 1.807) is 0 Å². The number of fused-ring (bicyclic) bond motifs is 1. The molecule has 0 radical (unpaired) electrons. The Morgan fingerprint density at radius 3 is 3.00 bits per heavy atom. The van der Waals surface area contributed by atoms with Gasteiger partial charge in [0.15, 0.2) is 11.5 Å². The lowest BCUT2D eigenvalue weighted by Crippen LogP contribution is -2.23. The van der Waals surface area contributed by atoms with Gasteiger partial charge in [-0.3, -0.25) is 4.79 Å². The van der Waals surface area contributed by atoms with Gasteiger partial charge in [-0.1, -0.05) is 6.07 Å². The van der Waals surface area contributed by atoms with Crippen molar-refractivity contribution in [2.45, 2.75) is 12.5 Å². The molecule has 2 unspecified atom stereocenters. The Bertz CT molecular complexity index is 460. The summed E-state index contributed by atoms with van der Waals surface area (Å²) in [5.74, 6) is 0.298. The molecule has 5 heteroatoms. The largest absolute Gasteiger partial charge is 0.481 e. The van der Waals surface area contributed by atoms with Gasteiger partial charge in [0.1, 0.15) is 0 Å². The van der Waals surface area contributed by atoms with Crippen LogP contribution in [0.2, 0.25) is 0 Å². The van der Waals surface area contributed by atoms with E-state index in [9.17, 15) is 4.79 Å². The summed E-state index contributed by atoms with van der Waals surface area (Å²) < 4.78 is 10.5. The highest BCUT2D eigenvalue weighted by atomic mass is 16.7. The zero-order valence-electron chi connectivity index (χ0n) is 9.18. The van der Waals surface area contributed by atoms with E-state index < -0.39 is 5.97 Å². The first-order valence-electron chi connectivity index (χ1n) is 5.61. The summed E-state index contributed by atoms with van der Waals surface area (Å²) in [6, 6.07) is 5.45. The van der Waals surface area contributed by atoms with Gasteiger partial charge in [-0.2, -0.15) is 0 Å². The Hall–Kier alpha value is -1.75. The molecule has 2 aliphatic heterocycles. The SMILES string of the molecule is O=C(O)C1CCNC1c1ccc2c(c1)OCO2. The van der Waals surface area contributed by atoms with Crippen LogP contribution in [0.5, 0.6) is 11.5 Å². The van der Waals surface area contributed by atoms with Gasteiger partial charge in [0, 0.05) is 6.04 Å². The first-order chi connectivity index (χ1) is 8.25. The molecule has 2 atom stereocenters. The third kappa shape index (κ3) is 1.72. The Morgan fingerprint density at radius 2 is 2.18 bits per heavy atom. The van der Waals surface area contributed by atoms with Crippen LogP contribution in [0.25, 0.3) is 0 Å². The number of nitrogens with one attached hydrogen (secondary N) is 1. The highest BCUT2D eigenvalue weighted by Gasteiger charge is 2.34. The van der Waals surface area contributed by atoms with E-state index in [0.717, 1.165) is 17.9 Å². The van der Waals surface area contributed by atoms with Crippen LogP contribution in [0.1, 0.15) is 18.0 Å². The van der Waals surface area contributed by atoms with Crippen molar-refractivity contribution in [1.29, 1.82) is 0 Å². The first kappa shape index (κ1) is 10.4.